The van der Waals surface area contributed by atoms with Crippen molar-refractivity contribution in [3.63, 3.8) is 0 Å². The first kappa shape index (κ1) is 9.73. The molecule has 2 rings (SSSR count). The number of nitrogens with two attached hydrogens (primary N) is 1. The number of halogens is 1. The Balaban J connectivity index is 0.000000845. The second-order valence-electron chi connectivity index (χ2n) is 2.48. The van der Waals surface area contributed by atoms with Crippen LogP contribution in [0, 0.1) is 0 Å². The van der Waals surface area contributed by atoms with Crippen LogP contribution in [0.25, 0.3) is 11.0 Å². The highest BCUT2D eigenvalue weighted by atomic mass is 79.9. The average Bonchev–Trinajstić information content (AvgIpc) is 2.07. The van der Waals surface area contributed by atoms with Gasteiger partial charge in [-0.3, -0.25) is 9.78 Å². The molecular weight excluding hydrogens is 234 g/mol. The van der Waals surface area contributed by atoms with Crippen molar-refractivity contribution in [3.8, 4) is 0 Å². The molecule has 0 saturated heterocycles. The summed E-state index contributed by atoms with van der Waals surface area (Å²) in [5, 5.41) is 0. The van der Waals surface area contributed by atoms with Gasteiger partial charge in [-0.05, 0) is 12.1 Å². The van der Waals surface area contributed by atoms with Crippen molar-refractivity contribution in [1.29, 1.82) is 0 Å². The minimum Gasteiger partial charge on any atom is -0.397 e. The number of H-pyrrole nitrogens is 1. The zero-order valence-electron chi connectivity index (χ0n) is 6.65. The first-order valence-electron chi connectivity index (χ1n) is 3.51. The number of nitrogens with zero attached hydrogens (tertiary/aromatic N) is 1. The Kier molecular flexibility index (Phi) is 2.67. The van der Waals surface area contributed by atoms with Crippen LogP contribution in [0.2, 0.25) is 0 Å². The highest BCUT2D eigenvalue weighted by molar-refractivity contribution is 8.93. The molecule has 0 aromatic carbocycles. The Morgan fingerprint density at radius 2 is 2.08 bits per heavy atom. The van der Waals surface area contributed by atoms with E-state index in [0.29, 0.717) is 16.7 Å². The highest BCUT2D eigenvalue weighted by Gasteiger charge is 1.97. The summed E-state index contributed by atoms with van der Waals surface area (Å²) in [6.45, 7) is 0. The smallest absolute Gasteiger partial charge is 0.248 e. The van der Waals surface area contributed by atoms with Gasteiger partial charge in [0.05, 0.1) is 16.7 Å². The van der Waals surface area contributed by atoms with E-state index in [4.69, 9.17) is 5.73 Å². The summed E-state index contributed by atoms with van der Waals surface area (Å²) < 4.78 is 0. The van der Waals surface area contributed by atoms with Gasteiger partial charge in [0.2, 0.25) is 5.56 Å². The Morgan fingerprint density at radius 3 is 2.85 bits per heavy atom. The minimum absolute atomic E-state index is 0. The third-order valence-electron chi connectivity index (χ3n) is 1.65. The van der Waals surface area contributed by atoms with Crippen molar-refractivity contribution >= 4 is 33.7 Å². The first-order valence-corrected chi connectivity index (χ1v) is 3.51. The van der Waals surface area contributed by atoms with E-state index >= 15 is 0 Å². The number of hydrogen-bond acceptors (Lipinski definition) is 3. The zero-order chi connectivity index (χ0) is 8.55. The molecule has 0 aliphatic heterocycles. The largest absolute Gasteiger partial charge is 0.397 e. The van der Waals surface area contributed by atoms with Crippen LogP contribution in [0.15, 0.2) is 29.2 Å². The van der Waals surface area contributed by atoms with Crippen LogP contribution < -0.4 is 11.3 Å². The monoisotopic (exact) mass is 241 g/mol. The van der Waals surface area contributed by atoms with Crippen LogP contribution in [0.3, 0.4) is 0 Å². The molecule has 0 fully saturated rings. The molecule has 0 aliphatic rings. The van der Waals surface area contributed by atoms with Crippen molar-refractivity contribution < 1.29 is 0 Å². The van der Waals surface area contributed by atoms with Gasteiger partial charge in [0, 0.05) is 12.3 Å². The third-order valence-corrected chi connectivity index (χ3v) is 1.65. The molecule has 5 heteroatoms. The van der Waals surface area contributed by atoms with Gasteiger partial charge in [-0.15, -0.1) is 17.0 Å². The van der Waals surface area contributed by atoms with Gasteiger partial charge in [0.25, 0.3) is 0 Å². The molecule has 4 nitrogen and oxygen atoms in total. The van der Waals surface area contributed by atoms with Crippen molar-refractivity contribution in [2.24, 2.45) is 0 Å². The Bertz CT molecular complexity index is 480. The maximum Gasteiger partial charge on any atom is 0.248 e. The molecule has 0 atom stereocenters. The fourth-order valence-corrected chi connectivity index (χ4v) is 1.08. The molecule has 0 radical (unpaired) electrons. The number of aromatic amines is 1. The van der Waals surface area contributed by atoms with Crippen molar-refractivity contribution in [1.82, 2.24) is 9.97 Å². The molecule has 2 aromatic rings. The number of aromatic nitrogens is 2. The van der Waals surface area contributed by atoms with Crippen LogP contribution >= 0.6 is 17.0 Å². The molecule has 0 bridgehead atoms. The van der Waals surface area contributed by atoms with Crippen LogP contribution in [-0.4, -0.2) is 9.97 Å². The maximum atomic E-state index is 10.9. The molecular formula is C8H8BrN3O. The summed E-state index contributed by atoms with van der Waals surface area (Å²) >= 11 is 0. The Hall–Kier alpha value is -1.36. The van der Waals surface area contributed by atoms with E-state index < -0.39 is 0 Å². The van der Waals surface area contributed by atoms with Gasteiger partial charge in [-0.25, -0.2) is 0 Å². The third kappa shape index (κ3) is 1.70. The molecule has 0 amide bonds. The molecule has 68 valence electrons. The SMILES string of the molecule is Br.Nc1ccnc2ccc(=O)[nH]c12. The average molecular weight is 242 g/mol. The minimum atomic E-state index is -0.165. The fraction of sp³-hybridized carbons (Fsp3) is 0. The predicted molar refractivity (Wildman–Crippen MR) is 57.1 cm³/mol. The van der Waals surface area contributed by atoms with E-state index in [2.05, 4.69) is 9.97 Å². The summed E-state index contributed by atoms with van der Waals surface area (Å²) in [4.78, 5) is 17.5. The number of nitrogens with one attached hydrogen (secondary N) is 1. The lowest BCUT2D eigenvalue weighted by Crippen LogP contribution is -2.04. The number of nitrogen functional groups attached to an aromatic ring is 1. The normalized spacial score (nSPS) is 9.54. The van der Waals surface area contributed by atoms with Gasteiger partial charge < -0.3 is 10.7 Å². The standard InChI is InChI=1S/C8H7N3O.BrH/c9-5-3-4-10-6-1-2-7(12)11-8(5)6;/h1-4H,(H2,9,10)(H,11,12);1H. The van der Waals surface area contributed by atoms with E-state index in [1.165, 1.54) is 6.07 Å². The van der Waals surface area contributed by atoms with Crippen molar-refractivity contribution in [3.05, 3.63) is 34.7 Å². The number of rotatable bonds is 0. The van der Waals surface area contributed by atoms with Crippen LogP contribution in [-0.2, 0) is 0 Å². The van der Waals surface area contributed by atoms with Gasteiger partial charge in [0.15, 0.2) is 0 Å². The number of fused-ring (bicyclic) bond motifs is 1. The van der Waals surface area contributed by atoms with E-state index in [1.54, 1.807) is 18.3 Å². The molecule has 0 aliphatic carbocycles. The molecule has 0 saturated carbocycles. The summed E-state index contributed by atoms with van der Waals surface area (Å²) in [5.41, 5.74) is 7.30. The highest BCUT2D eigenvalue weighted by Crippen LogP contribution is 2.12. The molecule has 2 aromatic heterocycles. The van der Waals surface area contributed by atoms with Crippen molar-refractivity contribution in [2.45, 2.75) is 0 Å². The summed E-state index contributed by atoms with van der Waals surface area (Å²) in [6, 6.07) is 4.72. The number of anilines is 1. The van der Waals surface area contributed by atoms with E-state index in [0.717, 1.165) is 0 Å². The first-order chi connectivity index (χ1) is 5.77. The van der Waals surface area contributed by atoms with Crippen molar-refractivity contribution in [2.75, 3.05) is 5.73 Å². The van der Waals surface area contributed by atoms with Gasteiger partial charge in [-0.2, -0.15) is 0 Å². The Morgan fingerprint density at radius 1 is 1.31 bits per heavy atom. The second kappa shape index (κ2) is 3.57. The van der Waals surface area contributed by atoms with Crippen LogP contribution in [0.5, 0.6) is 0 Å². The lowest BCUT2D eigenvalue weighted by molar-refractivity contribution is 1.27. The lowest BCUT2D eigenvalue weighted by Gasteiger charge is -1.98. The van der Waals surface area contributed by atoms with Gasteiger partial charge >= 0.3 is 0 Å². The van der Waals surface area contributed by atoms with Gasteiger partial charge in [-0.1, -0.05) is 0 Å². The quantitative estimate of drug-likeness (QED) is 0.726. The molecule has 13 heavy (non-hydrogen) atoms. The second-order valence-corrected chi connectivity index (χ2v) is 2.48. The summed E-state index contributed by atoms with van der Waals surface area (Å²) in [5.74, 6) is 0. The number of hydrogen-bond donors (Lipinski definition) is 2. The summed E-state index contributed by atoms with van der Waals surface area (Å²) in [6.07, 6.45) is 1.61. The predicted octanol–water partition coefficient (Wildman–Crippen LogP) is 1.08. The zero-order valence-corrected chi connectivity index (χ0v) is 8.36. The molecule has 3 N–H and O–H groups in total. The van der Waals surface area contributed by atoms with E-state index in [1.807, 2.05) is 0 Å². The fourth-order valence-electron chi connectivity index (χ4n) is 1.08. The maximum absolute atomic E-state index is 10.9. The molecule has 0 unspecified atom stereocenters. The van der Waals surface area contributed by atoms with E-state index in [9.17, 15) is 4.79 Å². The Labute approximate surface area is 84.6 Å². The summed E-state index contributed by atoms with van der Waals surface area (Å²) in [7, 11) is 0. The number of pyridine rings is 2. The molecule has 2 heterocycles. The lowest BCUT2D eigenvalue weighted by atomic mass is 10.3. The molecule has 0 spiro atoms. The van der Waals surface area contributed by atoms with Crippen LogP contribution in [0.1, 0.15) is 0 Å². The topological polar surface area (TPSA) is 71.8 Å². The van der Waals surface area contributed by atoms with Gasteiger partial charge in [0.1, 0.15) is 0 Å². The van der Waals surface area contributed by atoms with E-state index in [-0.39, 0.29) is 22.5 Å². The van der Waals surface area contributed by atoms with Crippen LogP contribution in [0.4, 0.5) is 5.69 Å².